The Labute approximate surface area is 93.7 Å². The van der Waals surface area contributed by atoms with Gasteiger partial charge in [0.05, 0.1) is 0 Å². The van der Waals surface area contributed by atoms with Gasteiger partial charge in [-0.15, -0.1) is 11.6 Å². The third-order valence-corrected chi connectivity index (χ3v) is 2.24. The van der Waals surface area contributed by atoms with Crippen LogP contribution in [0, 0.1) is 11.8 Å². The van der Waals surface area contributed by atoms with Gasteiger partial charge in [-0.05, 0) is 25.3 Å². The summed E-state index contributed by atoms with van der Waals surface area (Å²) >= 11 is 5.58. The van der Waals surface area contributed by atoms with Crippen LogP contribution in [0.25, 0.3) is 0 Å². The maximum atomic E-state index is 5.58. The minimum absolute atomic E-state index is 0.807. The molecule has 0 rings (SSSR count). The molecule has 0 atom stereocenters. The Hall–Kier alpha value is -0.410. The summed E-state index contributed by atoms with van der Waals surface area (Å²) < 4.78 is 0. The molecule has 80 valence electrons. The topological polar surface area (TPSA) is 0 Å². The molecule has 0 aliphatic rings. The summed E-state index contributed by atoms with van der Waals surface area (Å²) in [6.07, 6.45) is 12.4. The second-order valence-corrected chi connectivity index (χ2v) is 3.72. The van der Waals surface area contributed by atoms with Gasteiger partial charge in [0, 0.05) is 12.3 Å². The fraction of sp³-hybridized carbons (Fsp3) is 0.692. The molecule has 14 heavy (non-hydrogen) atoms. The van der Waals surface area contributed by atoms with Crippen molar-refractivity contribution in [3.63, 3.8) is 0 Å². The van der Waals surface area contributed by atoms with Gasteiger partial charge in [0.25, 0.3) is 0 Å². The summed E-state index contributed by atoms with van der Waals surface area (Å²) in [5.41, 5.74) is 0. The summed E-state index contributed by atoms with van der Waals surface area (Å²) in [6, 6.07) is 0. The minimum atomic E-state index is 0.807. The van der Waals surface area contributed by atoms with Crippen LogP contribution in [0.2, 0.25) is 0 Å². The summed E-state index contributed by atoms with van der Waals surface area (Å²) in [6.45, 7) is 2.12. The molecule has 0 saturated carbocycles. The van der Waals surface area contributed by atoms with Crippen molar-refractivity contribution >= 4 is 11.6 Å². The molecular formula is C13H21Cl. The van der Waals surface area contributed by atoms with Crippen molar-refractivity contribution in [1.29, 1.82) is 0 Å². The normalized spacial score (nSPS) is 10.1. The van der Waals surface area contributed by atoms with E-state index in [2.05, 4.69) is 24.8 Å². The highest BCUT2D eigenvalue weighted by Crippen LogP contribution is 2.05. The van der Waals surface area contributed by atoms with Crippen molar-refractivity contribution in [1.82, 2.24) is 0 Å². The van der Waals surface area contributed by atoms with Crippen LogP contribution in [0.1, 0.15) is 51.9 Å². The Kier molecular flexibility index (Phi) is 12.2. The average Bonchev–Trinajstić information content (AvgIpc) is 2.21. The molecule has 0 N–H and O–H groups in total. The van der Waals surface area contributed by atoms with Gasteiger partial charge in [-0.3, -0.25) is 0 Å². The third kappa shape index (κ3) is 11.6. The summed E-state index contributed by atoms with van der Waals surface area (Å²) in [5.74, 6) is 6.99. The van der Waals surface area contributed by atoms with Crippen LogP contribution in [0.4, 0.5) is 0 Å². The van der Waals surface area contributed by atoms with E-state index in [4.69, 9.17) is 11.6 Å². The molecule has 0 saturated heterocycles. The van der Waals surface area contributed by atoms with Crippen molar-refractivity contribution in [3.05, 3.63) is 12.2 Å². The van der Waals surface area contributed by atoms with E-state index >= 15 is 0 Å². The molecule has 0 spiro atoms. The Morgan fingerprint density at radius 1 is 1.07 bits per heavy atom. The highest BCUT2D eigenvalue weighted by atomic mass is 35.5. The Bertz CT molecular complexity index is 183. The van der Waals surface area contributed by atoms with Crippen LogP contribution in [-0.4, -0.2) is 5.88 Å². The van der Waals surface area contributed by atoms with Gasteiger partial charge in [0.15, 0.2) is 0 Å². The smallest absolute Gasteiger partial charge is 0.0223 e. The van der Waals surface area contributed by atoms with Gasteiger partial charge in [-0.25, -0.2) is 0 Å². The lowest BCUT2D eigenvalue weighted by molar-refractivity contribution is 0.643. The Balaban J connectivity index is 3.11. The molecular weight excluding hydrogens is 192 g/mol. The second kappa shape index (κ2) is 12.6. The first kappa shape index (κ1) is 13.6. The summed E-state index contributed by atoms with van der Waals surface area (Å²) in [5, 5.41) is 0. The Morgan fingerprint density at radius 2 is 1.79 bits per heavy atom. The molecule has 0 fully saturated rings. The molecule has 0 nitrogen and oxygen atoms in total. The zero-order valence-electron chi connectivity index (χ0n) is 9.19. The number of hydrogen-bond donors (Lipinski definition) is 0. The maximum absolute atomic E-state index is 5.58. The van der Waals surface area contributed by atoms with Gasteiger partial charge in [-0.1, -0.05) is 44.1 Å². The van der Waals surface area contributed by atoms with E-state index in [9.17, 15) is 0 Å². The molecule has 0 heterocycles. The molecule has 0 radical (unpaired) electrons. The highest BCUT2D eigenvalue weighted by Gasteiger charge is 1.87. The molecule has 0 amide bonds. The fourth-order valence-corrected chi connectivity index (χ4v) is 1.34. The van der Waals surface area contributed by atoms with Gasteiger partial charge in [0.2, 0.25) is 0 Å². The van der Waals surface area contributed by atoms with Crippen LogP contribution >= 0.6 is 11.6 Å². The van der Waals surface area contributed by atoms with Crippen molar-refractivity contribution in [2.75, 3.05) is 5.88 Å². The van der Waals surface area contributed by atoms with E-state index in [0.29, 0.717) is 0 Å². The minimum Gasteiger partial charge on any atom is -0.127 e. The number of unbranched alkanes of at least 4 members (excludes halogenated alkanes) is 5. The standard InChI is InChI=1S/C13H21Cl/c1-2-3-4-5-6-7-8-9-10-11-12-13-14/h3-4H,2,7-13H2,1H3/b4-3-. The van der Waals surface area contributed by atoms with Crippen LogP contribution in [0.5, 0.6) is 0 Å². The van der Waals surface area contributed by atoms with Crippen molar-refractivity contribution in [3.8, 4) is 11.8 Å². The Morgan fingerprint density at radius 3 is 2.50 bits per heavy atom. The quantitative estimate of drug-likeness (QED) is 0.330. The molecule has 1 heteroatoms. The van der Waals surface area contributed by atoms with E-state index in [1.54, 1.807) is 0 Å². The predicted octanol–water partition coefficient (Wildman–Crippen LogP) is 4.54. The first-order valence-corrected chi connectivity index (χ1v) is 6.14. The van der Waals surface area contributed by atoms with Gasteiger partial charge < -0.3 is 0 Å². The lowest BCUT2D eigenvalue weighted by Gasteiger charge is -1.95. The second-order valence-electron chi connectivity index (χ2n) is 3.34. The van der Waals surface area contributed by atoms with Crippen molar-refractivity contribution in [2.45, 2.75) is 51.9 Å². The lowest BCUT2D eigenvalue weighted by atomic mass is 10.1. The van der Waals surface area contributed by atoms with E-state index < -0.39 is 0 Å². The molecule has 0 aliphatic carbocycles. The zero-order chi connectivity index (χ0) is 10.5. The SMILES string of the molecule is CC/C=C\C#CCCCCCCCCl. The van der Waals surface area contributed by atoms with Crippen LogP contribution in [0.15, 0.2) is 12.2 Å². The zero-order valence-corrected chi connectivity index (χ0v) is 9.95. The van der Waals surface area contributed by atoms with Gasteiger partial charge in [0.1, 0.15) is 0 Å². The summed E-state index contributed by atoms with van der Waals surface area (Å²) in [7, 11) is 0. The summed E-state index contributed by atoms with van der Waals surface area (Å²) in [4.78, 5) is 0. The number of halogens is 1. The first-order chi connectivity index (χ1) is 6.91. The lowest BCUT2D eigenvalue weighted by Crippen LogP contribution is -1.79. The number of rotatable bonds is 7. The van der Waals surface area contributed by atoms with Crippen LogP contribution in [0.3, 0.4) is 0 Å². The monoisotopic (exact) mass is 212 g/mol. The van der Waals surface area contributed by atoms with Crippen molar-refractivity contribution < 1.29 is 0 Å². The van der Waals surface area contributed by atoms with E-state index in [-0.39, 0.29) is 0 Å². The molecule has 0 aromatic carbocycles. The van der Waals surface area contributed by atoms with E-state index in [1.165, 1.54) is 25.7 Å². The van der Waals surface area contributed by atoms with Gasteiger partial charge in [-0.2, -0.15) is 0 Å². The molecule has 0 aliphatic heterocycles. The molecule has 0 aromatic heterocycles. The fourth-order valence-electron chi connectivity index (χ4n) is 1.15. The number of hydrogen-bond acceptors (Lipinski definition) is 0. The van der Waals surface area contributed by atoms with Crippen LogP contribution < -0.4 is 0 Å². The molecule has 0 unspecified atom stereocenters. The van der Waals surface area contributed by atoms with Crippen molar-refractivity contribution in [2.24, 2.45) is 0 Å². The number of alkyl halides is 1. The van der Waals surface area contributed by atoms with E-state index in [1.807, 2.05) is 6.08 Å². The highest BCUT2D eigenvalue weighted by molar-refractivity contribution is 6.17. The first-order valence-electron chi connectivity index (χ1n) is 5.61. The maximum Gasteiger partial charge on any atom is 0.0223 e. The number of allylic oxidation sites excluding steroid dienone is 2. The average molecular weight is 213 g/mol. The third-order valence-electron chi connectivity index (χ3n) is 1.97. The molecule has 0 aromatic rings. The predicted molar refractivity (Wildman–Crippen MR) is 65.6 cm³/mol. The largest absolute Gasteiger partial charge is 0.127 e. The van der Waals surface area contributed by atoms with Crippen LogP contribution in [-0.2, 0) is 0 Å². The van der Waals surface area contributed by atoms with Gasteiger partial charge >= 0.3 is 0 Å². The molecule has 0 bridgehead atoms. The van der Waals surface area contributed by atoms with E-state index in [0.717, 1.165) is 25.1 Å².